The minimum atomic E-state index is -0.132. The Hall–Kier alpha value is -1.33. The topological polar surface area (TPSA) is 55.1 Å². The fraction of sp³-hybridized carbons (Fsp3) is 0.214. The Bertz CT molecular complexity index is 569. The maximum absolute atomic E-state index is 12.1. The molecule has 19 heavy (non-hydrogen) atoms. The molecular weight excluding hydrogens is 324 g/mol. The first kappa shape index (κ1) is 14.1. The molecule has 3 N–H and O–H groups in total. The van der Waals surface area contributed by atoms with E-state index in [4.69, 9.17) is 5.73 Å². The molecule has 0 saturated heterocycles. The Morgan fingerprint density at radius 3 is 2.89 bits per heavy atom. The highest BCUT2D eigenvalue weighted by atomic mass is 79.9. The van der Waals surface area contributed by atoms with Crippen molar-refractivity contribution in [3.8, 4) is 0 Å². The van der Waals surface area contributed by atoms with E-state index in [1.165, 1.54) is 5.56 Å². The number of halogens is 1. The molecule has 0 fully saturated rings. The van der Waals surface area contributed by atoms with Crippen molar-refractivity contribution in [3.05, 3.63) is 50.6 Å². The van der Waals surface area contributed by atoms with Gasteiger partial charge in [-0.15, -0.1) is 0 Å². The minimum Gasteiger partial charge on any atom is -0.398 e. The van der Waals surface area contributed by atoms with Gasteiger partial charge in [-0.05, 0) is 53.9 Å². The number of hydrogen-bond acceptors (Lipinski definition) is 3. The van der Waals surface area contributed by atoms with Gasteiger partial charge in [0.25, 0.3) is 5.91 Å². The number of carbonyl (C=O) groups excluding carboxylic acids is 1. The van der Waals surface area contributed by atoms with E-state index in [0.717, 1.165) is 10.9 Å². The van der Waals surface area contributed by atoms with Crippen molar-refractivity contribution in [1.29, 1.82) is 0 Å². The van der Waals surface area contributed by atoms with Crippen LogP contribution in [0.2, 0.25) is 0 Å². The molecule has 1 atom stereocenters. The summed E-state index contributed by atoms with van der Waals surface area (Å²) >= 11 is 4.99. The molecule has 1 heterocycles. The van der Waals surface area contributed by atoms with Crippen LogP contribution in [-0.4, -0.2) is 11.9 Å². The van der Waals surface area contributed by atoms with E-state index in [2.05, 4.69) is 32.7 Å². The summed E-state index contributed by atoms with van der Waals surface area (Å²) in [7, 11) is 0. The third-order valence-electron chi connectivity index (χ3n) is 2.76. The number of rotatable bonds is 4. The van der Waals surface area contributed by atoms with Crippen LogP contribution in [0.5, 0.6) is 0 Å². The molecule has 0 bridgehead atoms. The minimum absolute atomic E-state index is 0.0742. The summed E-state index contributed by atoms with van der Waals surface area (Å²) < 4.78 is 0.868. The number of amides is 1. The molecular formula is C14H15BrN2OS. The van der Waals surface area contributed by atoms with Crippen molar-refractivity contribution < 1.29 is 4.79 Å². The molecule has 1 unspecified atom stereocenters. The normalized spacial score (nSPS) is 12.1. The quantitative estimate of drug-likeness (QED) is 0.839. The van der Waals surface area contributed by atoms with Crippen LogP contribution >= 0.6 is 27.3 Å². The van der Waals surface area contributed by atoms with Crippen molar-refractivity contribution in [2.75, 3.05) is 5.73 Å². The molecule has 0 aliphatic carbocycles. The molecule has 0 aliphatic heterocycles. The van der Waals surface area contributed by atoms with Crippen LogP contribution in [0, 0.1) is 0 Å². The summed E-state index contributed by atoms with van der Waals surface area (Å²) in [6.45, 7) is 1.99. The Kier molecular flexibility index (Phi) is 4.61. The lowest BCUT2D eigenvalue weighted by Crippen LogP contribution is -2.34. The average Bonchev–Trinajstić information content (AvgIpc) is 2.81. The second-order valence-electron chi connectivity index (χ2n) is 4.44. The summed E-state index contributed by atoms with van der Waals surface area (Å²) in [5.41, 5.74) is 8.08. The van der Waals surface area contributed by atoms with Gasteiger partial charge in [0.05, 0.1) is 5.56 Å². The van der Waals surface area contributed by atoms with Gasteiger partial charge in [-0.25, -0.2) is 0 Å². The van der Waals surface area contributed by atoms with Gasteiger partial charge in [-0.2, -0.15) is 11.3 Å². The maximum Gasteiger partial charge on any atom is 0.253 e. The molecule has 1 aromatic carbocycles. The highest BCUT2D eigenvalue weighted by Crippen LogP contribution is 2.18. The maximum atomic E-state index is 12.1. The molecule has 3 nitrogen and oxygen atoms in total. The molecule has 100 valence electrons. The van der Waals surface area contributed by atoms with Crippen LogP contribution in [0.4, 0.5) is 5.69 Å². The molecule has 0 saturated carbocycles. The first-order valence-corrected chi connectivity index (χ1v) is 7.67. The van der Waals surface area contributed by atoms with E-state index in [1.807, 2.05) is 18.4 Å². The van der Waals surface area contributed by atoms with Crippen LogP contribution in [0.1, 0.15) is 22.8 Å². The third kappa shape index (κ3) is 3.81. The third-order valence-corrected chi connectivity index (χ3v) is 3.98. The lowest BCUT2D eigenvalue weighted by atomic mass is 10.1. The molecule has 0 spiro atoms. The number of nitrogens with two attached hydrogens (primary N) is 1. The Balaban J connectivity index is 2.00. The van der Waals surface area contributed by atoms with Crippen molar-refractivity contribution in [2.24, 2.45) is 0 Å². The van der Waals surface area contributed by atoms with Crippen molar-refractivity contribution in [2.45, 2.75) is 19.4 Å². The summed E-state index contributed by atoms with van der Waals surface area (Å²) in [5.74, 6) is -0.132. The molecule has 1 aromatic heterocycles. The van der Waals surface area contributed by atoms with Crippen molar-refractivity contribution in [3.63, 3.8) is 0 Å². The second kappa shape index (κ2) is 6.21. The van der Waals surface area contributed by atoms with Crippen LogP contribution in [-0.2, 0) is 6.42 Å². The number of nitrogens with one attached hydrogen (secondary N) is 1. The largest absolute Gasteiger partial charge is 0.398 e. The van der Waals surface area contributed by atoms with Gasteiger partial charge in [0.15, 0.2) is 0 Å². The first-order valence-electron chi connectivity index (χ1n) is 5.93. The predicted octanol–water partition coefficient (Wildman–Crippen LogP) is 3.45. The lowest BCUT2D eigenvalue weighted by molar-refractivity contribution is 0.0941. The zero-order chi connectivity index (χ0) is 13.8. The molecule has 1 amide bonds. The number of benzene rings is 1. The van der Waals surface area contributed by atoms with E-state index in [-0.39, 0.29) is 11.9 Å². The van der Waals surface area contributed by atoms with E-state index in [0.29, 0.717) is 11.3 Å². The summed E-state index contributed by atoms with van der Waals surface area (Å²) in [5, 5.41) is 7.10. The van der Waals surface area contributed by atoms with Gasteiger partial charge in [0, 0.05) is 16.2 Å². The first-order chi connectivity index (χ1) is 9.06. The molecule has 2 aromatic rings. The number of thiophene rings is 1. The molecule has 5 heteroatoms. The fourth-order valence-corrected chi connectivity index (χ4v) is 2.92. The molecule has 2 rings (SSSR count). The monoisotopic (exact) mass is 338 g/mol. The van der Waals surface area contributed by atoms with Gasteiger partial charge >= 0.3 is 0 Å². The van der Waals surface area contributed by atoms with E-state index in [9.17, 15) is 4.79 Å². The van der Waals surface area contributed by atoms with Gasteiger partial charge in [0.1, 0.15) is 0 Å². The zero-order valence-corrected chi connectivity index (χ0v) is 12.9. The van der Waals surface area contributed by atoms with Crippen LogP contribution in [0.25, 0.3) is 0 Å². The Morgan fingerprint density at radius 2 is 2.26 bits per heavy atom. The lowest BCUT2D eigenvalue weighted by Gasteiger charge is -2.14. The van der Waals surface area contributed by atoms with Crippen molar-refractivity contribution in [1.82, 2.24) is 5.32 Å². The van der Waals surface area contributed by atoms with Crippen LogP contribution < -0.4 is 11.1 Å². The number of hydrogen-bond donors (Lipinski definition) is 2. The highest BCUT2D eigenvalue weighted by molar-refractivity contribution is 9.10. The van der Waals surface area contributed by atoms with Crippen molar-refractivity contribution >= 4 is 38.9 Å². The number of carbonyl (C=O) groups is 1. The molecule has 0 aliphatic rings. The standard InChI is InChI=1S/C14H15BrN2OS/c1-9(6-10-4-5-19-8-10)17-14(18)12-3-2-11(15)7-13(12)16/h2-5,7-9H,6,16H2,1H3,(H,17,18). The summed E-state index contributed by atoms with van der Waals surface area (Å²) in [4.78, 5) is 12.1. The smallest absolute Gasteiger partial charge is 0.253 e. The predicted molar refractivity (Wildman–Crippen MR) is 83.5 cm³/mol. The Morgan fingerprint density at radius 1 is 1.47 bits per heavy atom. The van der Waals surface area contributed by atoms with Gasteiger partial charge in [-0.3, -0.25) is 4.79 Å². The Labute approximate surface area is 125 Å². The average molecular weight is 339 g/mol. The zero-order valence-electron chi connectivity index (χ0n) is 10.5. The van der Waals surface area contributed by atoms with E-state index >= 15 is 0 Å². The van der Waals surface area contributed by atoms with Gasteiger partial charge < -0.3 is 11.1 Å². The van der Waals surface area contributed by atoms with Crippen LogP contribution in [0.3, 0.4) is 0 Å². The molecule has 0 radical (unpaired) electrons. The summed E-state index contributed by atoms with van der Waals surface area (Å²) in [6, 6.07) is 7.42. The highest BCUT2D eigenvalue weighted by Gasteiger charge is 2.13. The second-order valence-corrected chi connectivity index (χ2v) is 6.14. The summed E-state index contributed by atoms with van der Waals surface area (Å²) in [6.07, 6.45) is 0.825. The SMILES string of the molecule is CC(Cc1ccsc1)NC(=O)c1ccc(Br)cc1N. The fourth-order valence-electron chi connectivity index (χ4n) is 1.86. The number of nitrogen functional groups attached to an aromatic ring is 1. The van der Waals surface area contributed by atoms with Crippen LogP contribution in [0.15, 0.2) is 39.5 Å². The number of anilines is 1. The van der Waals surface area contributed by atoms with Gasteiger partial charge in [-0.1, -0.05) is 15.9 Å². The van der Waals surface area contributed by atoms with Gasteiger partial charge in [0.2, 0.25) is 0 Å². The van der Waals surface area contributed by atoms with E-state index in [1.54, 1.807) is 23.5 Å². The van der Waals surface area contributed by atoms with E-state index < -0.39 is 0 Å².